The van der Waals surface area contributed by atoms with Gasteiger partial charge in [-0.15, -0.1) is 0 Å². The number of methoxy groups -OCH3 is 2. The van der Waals surface area contributed by atoms with E-state index < -0.39 is 0 Å². The van der Waals surface area contributed by atoms with Crippen molar-refractivity contribution in [3.63, 3.8) is 0 Å². The molecule has 0 saturated carbocycles. The molecule has 128 valence electrons. The molecule has 0 radical (unpaired) electrons. The van der Waals surface area contributed by atoms with Crippen molar-refractivity contribution >= 4 is 23.2 Å². The number of aromatic amines is 1. The molecule has 0 bridgehead atoms. The molecule has 0 aliphatic carbocycles. The Balaban J connectivity index is 1.85. The maximum atomic E-state index is 12.6. The lowest BCUT2D eigenvalue weighted by molar-refractivity contribution is 0.102. The van der Waals surface area contributed by atoms with Gasteiger partial charge in [-0.2, -0.15) is 5.10 Å². The van der Waals surface area contributed by atoms with Gasteiger partial charge in [0.15, 0.2) is 11.5 Å². The lowest BCUT2D eigenvalue weighted by Crippen LogP contribution is -2.12. The quantitative estimate of drug-likeness (QED) is 0.723. The average molecular weight is 358 g/mol. The zero-order valence-corrected chi connectivity index (χ0v) is 14.4. The first-order valence-electron chi connectivity index (χ1n) is 7.45. The molecule has 1 aromatic heterocycles. The summed E-state index contributed by atoms with van der Waals surface area (Å²) >= 11 is 5.91. The van der Waals surface area contributed by atoms with E-state index in [2.05, 4.69) is 15.5 Å². The zero-order valence-electron chi connectivity index (χ0n) is 13.7. The van der Waals surface area contributed by atoms with Crippen molar-refractivity contribution in [3.8, 4) is 22.8 Å². The zero-order chi connectivity index (χ0) is 17.8. The number of H-pyrrole nitrogens is 1. The molecule has 0 fully saturated rings. The van der Waals surface area contributed by atoms with Gasteiger partial charge in [0.1, 0.15) is 0 Å². The fourth-order valence-corrected chi connectivity index (χ4v) is 2.53. The van der Waals surface area contributed by atoms with Crippen LogP contribution in [0.1, 0.15) is 10.4 Å². The molecule has 0 atom stereocenters. The summed E-state index contributed by atoms with van der Waals surface area (Å²) in [6.45, 7) is 0. The standard InChI is InChI=1S/C18H16ClN3O3/c1-24-15-8-7-13(9-16(15)25-2)21-18(23)14-10-20-22-17(14)11-3-5-12(19)6-4-11/h3-10H,1-2H3,(H,20,22)(H,21,23). The number of nitrogens with one attached hydrogen (secondary N) is 2. The van der Waals surface area contributed by atoms with Gasteiger partial charge in [0.2, 0.25) is 0 Å². The second-order valence-corrected chi connectivity index (χ2v) is 5.63. The van der Waals surface area contributed by atoms with Crippen molar-refractivity contribution in [2.24, 2.45) is 0 Å². The highest BCUT2D eigenvalue weighted by Crippen LogP contribution is 2.30. The Morgan fingerprint density at radius 2 is 1.80 bits per heavy atom. The summed E-state index contributed by atoms with van der Waals surface area (Å²) < 4.78 is 10.4. The Morgan fingerprint density at radius 1 is 1.08 bits per heavy atom. The molecular formula is C18H16ClN3O3. The van der Waals surface area contributed by atoms with Crippen molar-refractivity contribution in [1.29, 1.82) is 0 Å². The average Bonchev–Trinajstić information content (AvgIpc) is 3.12. The van der Waals surface area contributed by atoms with E-state index in [1.165, 1.54) is 13.3 Å². The van der Waals surface area contributed by atoms with E-state index in [9.17, 15) is 4.79 Å². The molecule has 1 heterocycles. The van der Waals surface area contributed by atoms with Crippen LogP contribution in [0.2, 0.25) is 5.02 Å². The van der Waals surface area contributed by atoms with E-state index in [0.717, 1.165) is 5.56 Å². The van der Waals surface area contributed by atoms with E-state index in [-0.39, 0.29) is 5.91 Å². The van der Waals surface area contributed by atoms with Crippen LogP contribution >= 0.6 is 11.6 Å². The van der Waals surface area contributed by atoms with Gasteiger partial charge in [0.25, 0.3) is 5.91 Å². The normalized spacial score (nSPS) is 10.4. The summed E-state index contributed by atoms with van der Waals surface area (Å²) in [5, 5.41) is 10.3. The molecule has 0 saturated heterocycles. The molecule has 25 heavy (non-hydrogen) atoms. The molecule has 3 aromatic rings. The van der Waals surface area contributed by atoms with Gasteiger partial charge in [-0.1, -0.05) is 23.7 Å². The molecule has 0 aliphatic rings. The first-order valence-corrected chi connectivity index (χ1v) is 7.83. The monoisotopic (exact) mass is 357 g/mol. The van der Waals surface area contributed by atoms with E-state index in [1.54, 1.807) is 37.4 Å². The number of carbonyl (C=O) groups excluding carboxylic acids is 1. The molecule has 7 heteroatoms. The summed E-state index contributed by atoms with van der Waals surface area (Å²) in [6, 6.07) is 12.3. The van der Waals surface area contributed by atoms with Crippen LogP contribution in [-0.4, -0.2) is 30.3 Å². The number of carbonyl (C=O) groups is 1. The molecule has 0 spiro atoms. The van der Waals surface area contributed by atoms with Crippen molar-refractivity contribution in [2.45, 2.75) is 0 Å². The third-order valence-corrected chi connectivity index (χ3v) is 3.91. The summed E-state index contributed by atoms with van der Waals surface area (Å²) in [6.07, 6.45) is 1.49. The summed E-state index contributed by atoms with van der Waals surface area (Å²) in [5.41, 5.74) is 2.46. The van der Waals surface area contributed by atoms with Crippen LogP contribution in [0.25, 0.3) is 11.3 Å². The lowest BCUT2D eigenvalue weighted by atomic mass is 10.1. The highest BCUT2D eigenvalue weighted by molar-refractivity contribution is 6.30. The molecule has 1 amide bonds. The Bertz CT molecular complexity index is 891. The largest absolute Gasteiger partial charge is 0.493 e. The van der Waals surface area contributed by atoms with Crippen LogP contribution < -0.4 is 14.8 Å². The van der Waals surface area contributed by atoms with Crippen LogP contribution in [0.5, 0.6) is 11.5 Å². The minimum Gasteiger partial charge on any atom is -0.493 e. The van der Waals surface area contributed by atoms with E-state index in [1.807, 2.05) is 12.1 Å². The second kappa shape index (κ2) is 7.27. The fraction of sp³-hybridized carbons (Fsp3) is 0.111. The number of benzene rings is 2. The number of halogens is 1. The van der Waals surface area contributed by atoms with E-state index in [0.29, 0.717) is 33.5 Å². The third kappa shape index (κ3) is 3.59. The highest BCUT2D eigenvalue weighted by Gasteiger charge is 2.16. The first-order chi connectivity index (χ1) is 12.1. The van der Waals surface area contributed by atoms with Crippen molar-refractivity contribution < 1.29 is 14.3 Å². The third-order valence-electron chi connectivity index (χ3n) is 3.66. The van der Waals surface area contributed by atoms with Gasteiger partial charge in [-0.05, 0) is 24.3 Å². The molecular weight excluding hydrogens is 342 g/mol. The minimum absolute atomic E-state index is 0.286. The Hall–Kier alpha value is -2.99. The Kier molecular flexibility index (Phi) is 4.90. The number of hydrogen-bond acceptors (Lipinski definition) is 4. The Morgan fingerprint density at radius 3 is 2.48 bits per heavy atom. The smallest absolute Gasteiger partial charge is 0.259 e. The lowest BCUT2D eigenvalue weighted by Gasteiger charge is -2.10. The summed E-state index contributed by atoms with van der Waals surface area (Å²) in [4.78, 5) is 12.6. The van der Waals surface area contributed by atoms with E-state index >= 15 is 0 Å². The highest BCUT2D eigenvalue weighted by atomic mass is 35.5. The van der Waals surface area contributed by atoms with Gasteiger partial charge in [0, 0.05) is 22.3 Å². The molecule has 2 N–H and O–H groups in total. The summed E-state index contributed by atoms with van der Waals surface area (Å²) in [7, 11) is 3.10. The molecule has 3 rings (SSSR count). The number of aromatic nitrogens is 2. The maximum absolute atomic E-state index is 12.6. The van der Waals surface area contributed by atoms with Gasteiger partial charge in [-0.25, -0.2) is 0 Å². The van der Waals surface area contributed by atoms with Crippen LogP contribution in [0.3, 0.4) is 0 Å². The Labute approximate surface area is 149 Å². The van der Waals surface area contributed by atoms with Crippen LogP contribution in [0.4, 0.5) is 5.69 Å². The van der Waals surface area contributed by atoms with Crippen LogP contribution in [0.15, 0.2) is 48.7 Å². The topological polar surface area (TPSA) is 76.2 Å². The predicted octanol–water partition coefficient (Wildman–Crippen LogP) is 4.00. The van der Waals surface area contributed by atoms with Crippen molar-refractivity contribution in [3.05, 3.63) is 59.2 Å². The SMILES string of the molecule is COc1ccc(NC(=O)c2cn[nH]c2-c2ccc(Cl)cc2)cc1OC. The number of ether oxygens (including phenoxy) is 2. The fourth-order valence-electron chi connectivity index (χ4n) is 2.41. The summed E-state index contributed by atoms with van der Waals surface area (Å²) in [5.74, 6) is 0.835. The molecule has 6 nitrogen and oxygen atoms in total. The van der Waals surface area contributed by atoms with Gasteiger partial charge >= 0.3 is 0 Å². The second-order valence-electron chi connectivity index (χ2n) is 5.19. The van der Waals surface area contributed by atoms with Crippen molar-refractivity contribution in [1.82, 2.24) is 10.2 Å². The van der Waals surface area contributed by atoms with Crippen LogP contribution in [-0.2, 0) is 0 Å². The number of nitrogens with zero attached hydrogens (tertiary/aromatic N) is 1. The minimum atomic E-state index is -0.286. The number of hydrogen-bond donors (Lipinski definition) is 2. The van der Waals surface area contributed by atoms with Gasteiger partial charge < -0.3 is 14.8 Å². The number of anilines is 1. The van der Waals surface area contributed by atoms with Gasteiger partial charge in [-0.3, -0.25) is 9.89 Å². The number of rotatable bonds is 5. The molecule has 0 aliphatic heterocycles. The first kappa shape index (κ1) is 16.9. The molecule has 2 aromatic carbocycles. The van der Waals surface area contributed by atoms with Crippen molar-refractivity contribution in [2.75, 3.05) is 19.5 Å². The predicted molar refractivity (Wildman–Crippen MR) is 96.5 cm³/mol. The van der Waals surface area contributed by atoms with E-state index in [4.69, 9.17) is 21.1 Å². The van der Waals surface area contributed by atoms with Gasteiger partial charge in [0.05, 0.1) is 31.7 Å². The number of amides is 1. The maximum Gasteiger partial charge on any atom is 0.259 e. The molecule has 0 unspecified atom stereocenters. The van der Waals surface area contributed by atoms with Crippen LogP contribution in [0, 0.1) is 0 Å².